The predicted molar refractivity (Wildman–Crippen MR) is 83.8 cm³/mol. The van der Waals surface area contributed by atoms with Gasteiger partial charge in [-0.15, -0.1) is 23.2 Å². The van der Waals surface area contributed by atoms with Crippen molar-refractivity contribution in [2.24, 2.45) is 5.92 Å². The lowest BCUT2D eigenvalue weighted by Crippen LogP contribution is -2.42. The van der Waals surface area contributed by atoms with Gasteiger partial charge in [0.1, 0.15) is 10.8 Å². The molecular formula is C13H18Cl2N4O3. The molecule has 0 aromatic rings. The number of nitrogens with one attached hydrogen (secondary N) is 3. The summed E-state index contributed by atoms with van der Waals surface area (Å²) in [6.45, 7) is 5.29. The van der Waals surface area contributed by atoms with E-state index in [0.717, 1.165) is 0 Å². The molecule has 3 N–H and O–H groups in total. The van der Waals surface area contributed by atoms with E-state index in [-0.39, 0.29) is 13.2 Å². The maximum absolute atomic E-state index is 11.6. The summed E-state index contributed by atoms with van der Waals surface area (Å²) < 4.78 is 4.56. The number of halogens is 2. The van der Waals surface area contributed by atoms with Crippen LogP contribution in [0.4, 0.5) is 4.79 Å². The first-order valence-corrected chi connectivity index (χ1v) is 7.28. The predicted octanol–water partition coefficient (Wildman–Crippen LogP) is 1.76. The van der Waals surface area contributed by atoms with Crippen molar-refractivity contribution in [2.75, 3.05) is 13.2 Å². The van der Waals surface area contributed by atoms with Gasteiger partial charge in [0.05, 0.1) is 12.7 Å². The van der Waals surface area contributed by atoms with Gasteiger partial charge in [0.15, 0.2) is 0 Å². The number of rotatable bonds is 9. The Morgan fingerprint density at radius 2 is 2.14 bits per heavy atom. The molecule has 0 aliphatic heterocycles. The highest BCUT2D eigenvalue weighted by Gasteiger charge is 2.20. The number of hydrogen-bond acceptors (Lipinski definition) is 6. The van der Waals surface area contributed by atoms with Crippen LogP contribution in [0.1, 0.15) is 13.3 Å². The number of ether oxygens (including phenoxy) is 1. The Hall–Kier alpha value is -1.75. The number of alkyl carbamates (subject to hydrolysis) is 1. The lowest BCUT2D eigenvalue weighted by molar-refractivity contribution is -0.122. The molecule has 9 heteroatoms. The van der Waals surface area contributed by atoms with E-state index in [9.17, 15) is 9.59 Å². The van der Waals surface area contributed by atoms with E-state index in [1.165, 1.54) is 6.08 Å². The van der Waals surface area contributed by atoms with E-state index in [1.807, 2.05) is 5.32 Å². The fourth-order valence-electron chi connectivity index (χ4n) is 1.21. The number of nitriles is 1. The molecule has 0 aliphatic rings. The first kappa shape index (κ1) is 20.2. The van der Waals surface area contributed by atoms with Crippen molar-refractivity contribution in [1.29, 1.82) is 5.26 Å². The van der Waals surface area contributed by atoms with E-state index >= 15 is 0 Å². The number of alkyl halides is 2. The maximum atomic E-state index is 11.6. The number of imide groups is 1. The summed E-state index contributed by atoms with van der Waals surface area (Å²) in [5, 5.41) is 10.9. The van der Waals surface area contributed by atoms with Crippen LogP contribution >= 0.6 is 23.2 Å². The highest BCUT2D eigenvalue weighted by molar-refractivity contribution is 6.44. The number of allylic oxidation sites excluding steroid dienone is 2. The van der Waals surface area contributed by atoms with Crippen molar-refractivity contribution in [3.8, 4) is 6.07 Å². The highest BCUT2D eigenvalue weighted by Crippen LogP contribution is 2.08. The normalized spacial score (nSPS) is 12.2. The summed E-state index contributed by atoms with van der Waals surface area (Å²) in [4.78, 5) is 22.2. The number of hydrazine groups is 1. The molecule has 7 nitrogen and oxygen atoms in total. The van der Waals surface area contributed by atoms with Gasteiger partial charge in [0.2, 0.25) is 5.91 Å². The molecule has 2 amide bonds. The van der Waals surface area contributed by atoms with Crippen molar-refractivity contribution in [3.05, 3.63) is 24.4 Å². The number of carbonyl (C=O) groups is 2. The number of carbonyl (C=O) groups excluding carboxylic acids is 2. The van der Waals surface area contributed by atoms with Crippen LogP contribution in [-0.4, -0.2) is 30.0 Å². The molecule has 0 spiro atoms. The van der Waals surface area contributed by atoms with Gasteiger partial charge < -0.3 is 10.2 Å². The largest absolute Gasteiger partial charge is 0.450 e. The van der Waals surface area contributed by atoms with E-state index < -0.39 is 22.8 Å². The van der Waals surface area contributed by atoms with Gasteiger partial charge in [-0.25, -0.2) is 10.2 Å². The number of hydrogen-bond donors (Lipinski definition) is 3. The molecule has 0 aromatic carbocycles. The Bertz CT molecular complexity index is 461. The molecule has 0 saturated carbocycles. The lowest BCUT2D eigenvalue weighted by Gasteiger charge is -2.13. The van der Waals surface area contributed by atoms with Gasteiger partial charge in [-0.1, -0.05) is 12.7 Å². The minimum Gasteiger partial charge on any atom is -0.450 e. The Morgan fingerprint density at radius 3 is 2.64 bits per heavy atom. The van der Waals surface area contributed by atoms with Crippen LogP contribution in [0.25, 0.3) is 0 Å². The van der Waals surface area contributed by atoms with Gasteiger partial charge in [0, 0.05) is 12.2 Å². The third-order valence-electron chi connectivity index (χ3n) is 2.25. The van der Waals surface area contributed by atoms with Crippen molar-refractivity contribution < 1.29 is 14.3 Å². The molecule has 0 rings (SSSR count). The van der Waals surface area contributed by atoms with Crippen molar-refractivity contribution in [3.63, 3.8) is 0 Å². The quantitative estimate of drug-likeness (QED) is 0.333. The second-order valence-electron chi connectivity index (χ2n) is 3.89. The zero-order chi connectivity index (χ0) is 17.0. The molecular weight excluding hydrogens is 331 g/mol. The molecule has 1 unspecified atom stereocenters. The molecule has 122 valence electrons. The average molecular weight is 349 g/mol. The molecule has 0 heterocycles. The zero-order valence-corrected chi connectivity index (χ0v) is 13.6. The summed E-state index contributed by atoms with van der Waals surface area (Å²) in [5.41, 5.74) is 6.03. The molecule has 0 radical (unpaired) electrons. The van der Waals surface area contributed by atoms with Crippen LogP contribution < -0.4 is 16.2 Å². The monoisotopic (exact) mass is 348 g/mol. The molecule has 0 aromatic heterocycles. The van der Waals surface area contributed by atoms with Crippen molar-refractivity contribution in [2.45, 2.75) is 18.2 Å². The Balaban J connectivity index is 4.32. The topological polar surface area (TPSA) is 103 Å². The van der Waals surface area contributed by atoms with Gasteiger partial charge in [0.25, 0.3) is 0 Å². The van der Waals surface area contributed by atoms with E-state index in [0.29, 0.717) is 12.1 Å². The van der Waals surface area contributed by atoms with Crippen molar-refractivity contribution in [1.82, 2.24) is 16.2 Å². The first-order valence-electron chi connectivity index (χ1n) is 6.41. The van der Waals surface area contributed by atoms with Gasteiger partial charge in [-0.05, 0) is 19.4 Å². The van der Waals surface area contributed by atoms with Crippen LogP contribution in [0.2, 0.25) is 0 Å². The number of nitrogens with zero attached hydrogens (tertiary/aromatic N) is 1. The molecule has 0 aliphatic carbocycles. The maximum Gasteiger partial charge on any atom is 0.413 e. The minimum atomic E-state index is -1.07. The first-order chi connectivity index (χ1) is 10.4. The van der Waals surface area contributed by atoms with E-state index in [1.54, 1.807) is 19.1 Å². The second kappa shape index (κ2) is 11.9. The lowest BCUT2D eigenvalue weighted by atomic mass is 10.1. The fourth-order valence-corrected chi connectivity index (χ4v) is 1.39. The van der Waals surface area contributed by atoms with Gasteiger partial charge >= 0.3 is 6.09 Å². The van der Waals surface area contributed by atoms with Crippen LogP contribution in [-0.2, 0) is 9.53 Å². The number of amides is 2. The van der Waals surface area contributed by atoms with Gasteiger partial charge in [-0.2, -0.15) is 5.26 Å². The average Bonchev–Trinajstić information content (AvgIpc) is 2.46. The molecule has 0 bridgehead atoms. The summed E-state index contributed by atoms with van der Waals surface area (Å²) in [7, 11) is 0. The highest BCUT2D eigenvalue weighted by atomic mass is 35.5. The Morgan fingerprint density at radius 1 is 1.45 bits per heavy atom. The van der Waals surface area contributed by atoms with Crippen LogP contribution in [0.5, 0.6) is 0 Å². The summed E-state index contributed by atoms with van der Waals surface area (Å²) in [6, 6.07) is 1.78. The summed E-state index contributed by atoms with van der Waals surface area (Å²) in [6.07, 6.45) is 2.74. The minimum absolute atomic E-state index is 0.0297. The third kappa shape index (κ3) is 9.23. The Labute approximate surface area is 139 Å². The van der Waals surface area contributed by atoms with Crippen LogP contribution in [0.15, 0.2) is 24.4 Å². The smallest absolute Gasteiger partial charge is 0.413 e. The van der Waals surface area contributed by atoms with Crippen LogP contribution in [0, 0.1) is 17.2 Å². The molecule has 0 saturated heterocycles. The third-order valence-corrected chi connectivity index (χ3v) is 2.60. The summed E-state index contributed by atoms with van der Waals surface area (Å²) in [5.74, 6) is -1.82. The van der Waals surface area contributed by atoms with E-state index in [2.05, 4.69) is 22.2 Å². The Kier molecular flexibility index (Phi) is 10.9. The van der Waals surface area contributed by atoms with E-state index in [4.69, 9.17) is 28.5 Å². The van der Waals surface area contributed by atoms with Crippen LogP contribution in [0.3, 0.4) is 0 Å². The zero-order valence-electron chi connectivity index (χ0n) is 12.1. The fraction of sp³-hybridized carbons (Fsp3) is 0.462. The standard InChI is InChI=1S/C13H18Cl2N4O3/c1-3-10(5-6-11(14)15)19-17-8-9(7-16)12(20)18-13(21)22-4-2/h3,5,9,11,17,19H,1,4,6,8H2,2H3,(H,18,20,21)/b10-5+. The molecule has 22 heavy (non-hydrogen) atoms. The summed E-state index contributed by atoms with van der Waals surface area (Å²) >= 11 is 11.2. The second-order valence-corrected chi connectivity index (χ2v) is 5.16. The SMILES string of the molecule is C=C/C(=C\CC(Cl)Cl)NNCC(C#N)C(=O)NC(=O)OCC. The molecule has 0 fully saturated rings. The molecule has 1 atom stereocenters. The van der Waals surface area contributed by atoms with Crippen molar-refractivity contribution >= 4 is 35.2 Å². The van der Waals surface area contributed by atoms with Gasteiger partial charge in [-0.3, -0.25) is 10.1 Å².